The molecule has 0 fully saturated rings. The fourth-order valence-electron chi connectivity index (χ4n) is 3.07. The van der Waals surface area contributed by atoms with Crippen molar-refractivity contribution in [3.05, 3.63) is 64.3 Å². The van der Waals surface area contributed by atoms with Crippen LogP contribution in [0.15, 0.2) is 51.9 Å². The van der Waals surface area contributed by atoms with E-state index in [1.807, 2.05) is 37.3 Å². The maximum Gasteiger partial charge on any atom is 0.244 e. The van der Waals surface area contributed by atoms with E-state index in [1.165, 1.54) is 6.07 Å². The molecule has 0 saturated carbocycles. The van der Waals surface area contributed by atoms with Crippen LogP contribution in [0, 0.1) is 6.92 Å². The Morgan fingerprint density at radius 2 is 2.00 bits per heavy atom. The van der Waals surface area contributed by atoms with Crippen LogP contribution in [-0.4, -0.2) is 20.2 Å². The molecule has 1 aliphatic rings. The zero-order chi connectivity index (χ0) is 19.0. The van der Waals surface area contributed by atoms with Crippen molar-refractivity contribution < 1.29 is 17.7 Å². The summed E-state index contributed by atoms with van der Waals surface area (Å²) in [6, 6.07) is 12.7. The van der Waals surface area contributed by atoms with Gasteiger partial charge < -0.3 is 9.26 Å². The average molecular weight is 405 g/mol. The van der Waals surface area contributed by atoms with E-state index in [0.29, 0.717) is 35.3 Å². The van der Waals surface area contributed by atoms with Gasteiger partial charge in [0.1, 0.15) is 16.3 Å². The molecule has 0 unspecified atom stereocenters. The number of rotatable bonds is 5. The highest BCUT2D eigenvalue weighted by Crippen LogP contribution is 2.35. The number of ether oxygens (including phenoxy) is 1. The molecule has 0 amide bonds. The van der Waals surface area contributed by atoms with E-state index >= 15 is 0 Å². The van der Waals surface area contributed by atoms with Gasteiger partial charge in [-0.3, -0.25) is 0 Å². The van der Waals surface area contributed by atoms with Crippen LogP contribution in [0.3, 0.4) is 0 Å². The molecule has 8 heteroatoms. The van der Waals surface area contributed by atoms with Gasteiger partial charge in [-0.25, -0.2) is 13.1 Å². The normalized spacial score (nSPS) is 13.4. The van der Waals surface area contributed by atoms with E-state index < -0.39 is 10.0 Å². The monoisotopic (exact) mass is 404 g/mol. The summed E-state index contributed by atoms with van der Waals surface area (Å²) in [5.41, 5.74) is 3.00. The van der Waals surface area contributed by atoms with Crippen molar-refractivity contribution in [1.29, 1.82) is 0 Å². The maximum absolute atomic E-state index is 12.8. The summed E-state index contributed by atoms with van der Waals surface area (Å²) in [5, 5.41) is 4.38. The van der Waals surface area contributed by atoms with Crippen LogP contribution in [0.5, 0.6) is 5.75 Å². The Labute approximate surface area is 162 Å². The Hall–Kier alpha value is -2.35. The minimum absolute atomic E-state index is 0.00574. The molecule has 27 heavy (non-hydrogen) atoms. The third-order valence-electron chi connectivity index (χ3n) is 4.49. The fourth-order valence-corrected chi connectivity index (χ4v) is 4.57. The number of hydrogen-bond acceptors (Lipinski definition) is 5. The summed E-state index contributed by atoms with van der Waals surface area (Å²) in [5.74, 6) is 0.991. The van der Waals surface area contributed by atoms with Gasteiger partial charge in [0.05, 0.1) is 13.2 Å². The van der Waals surface area contributed by atoms with Crippen LogP contribution in [0.2, 0.25) is 5.02 Å². The van der Waals surface area contributed by atoms with E-state index in [-0.39, 0.29) is 11.4 Å². The molecule has 4 rings (SSSR count). The number of halogens is 1. The fraction of sp³-hybridized carbons (Fsp3) is 0.211. The van der Waals surface area contributed by atoms with Gasteiger partial charge in [-0.1, -0.05) is 47.1 Å². The third-order valence-corrected chi connectivity index (χ3v) is 6.11. The van der Waals surface area contributed by atoms with Gasteiger partial charge in [0.2, 0.25) is 10.0 Å². The second-order valence-corrected chi connectivity index (χ2v) is 8.44. The van der Waals surface area contributed by atoms with Crippen LogP contribution in [0.1, 0.15) is 16.8 Å². The van der Waals surface area contributed by atoms with Gasteiger partial charge in [-0.15, -0.1) is 0 Å². The summed E-state index contributed by atoms with van der Waals surface area (Å²) in [7, 11) is -3.82. The number of nitrogens with zero attached hydrogens (tertiary/aromatic N) is 1. The molecular weight excluding hydrogens is 388 g/mol. The van der Waals surface area contributed by atoms with Crippen LogP contribution >= 0.6 is 11.6 Å². The number of sulfonamides is 1. The highest BCUT2D eigenvalue weighted by Gasteiger charge is 2.27. The largest absolute Gasteiger partial charge is 0.492 e. The summed E-state index contributed by atoms with van der Waals surface area (Å²) >= 11 is 6.07. The molecule has 1 N–H and O–H groups in total. The summed E-state index contributed by atoms with van der Waals surface area (Å²) in [6.07, 6.45) is 0.640. The molecule has 2 aromatic carbocycles. The molecule has 2 heterocycles. The Morgan fingerprint density at radius 1 is 1.22 bits per heavy atom. The van der Waals surface area contributed by atoms with E-state index in [1.54, 1.807) is 6.07 Å². The van der Waals surface area contributed by atoms with Gasteiger partial charge in [-0.2, -0.15) is 0 Å². The van der Waals surface area contributed by atoms with Crippen molar-refractivity contribution in [3.63, 3.8) is 0 Å². The van der Waals surface area contributed by atoms with Gasteiger partial charge in [0, 0.05) is 28.1 Å². The van der Waals surface area contributed by atoms with E-state index in [9.17, 15) is 8.42 Å². The molecule has 1 aromatic heterocycles. The Morgan fingerprint density at radius 3 is 2.78 bits per heavy atom. The van der Waals surface area contributed by atoms with Crippen molar-refractivity contribution >= 4 is 21.6 Å². The quantitative estimate of drug-likeness (QED) is 0.700. The van der Waals surface area contributed by atoms with Crippen LogP contribution < -0.4 is 9.46 Å². The molecule has 0 bridgehead atoms. The number of hydrogen-bond donors (Lipinski definition) is 1. The molecule has 1 aliphatic heterocycles. The van der Waals surface area contributed by atoms with Crippen molar-refractivity contribution in [2.24, 2.45) is 0 Å². The van der Waals surface area contributed by atoms with Crippen molar-refractivity contribution in [2.45, 2.75) is 24.8 Å². The number of fused-ring (bicyclic) bond motifs is 1. The first-order valence-corrected chi connectivity index (χ1v) is 10.3. The minimum Gasteiger partial charge on any atom is -0.492 e. The first-order valence-electron chi connectivity index (χ1n) is 8.41. The minimum atomic E-state index is -3.82. The molecule has 0 spiro atoms. The SMILES string of the molecule is Cc1c(CNS(=O)(=O)c2cc(Cl)cc3c2OCC3)noc1-c1ccccc1. The topological polar surface area (TPSA) is 81.4 Å². The van der Waals surface area contributed by atoms with Crippen LogP contribution in [0.25, 0.3) is 11.3 Å². The number of benzene rings is 2. The highest BCUT2D eigenvalue weighted by atomic mass is 35.5. The summed E-state index contributed by atoms with van der Waals surface area (Å²) < 4.78 is 39.1. The van der Waals surface area contributed by atoms with Crippen LogP contribution in [0.4, 0.5) is 0 Å². The zero-order valence-corrected chi connectivity index (χ0v) is 16.1. The second-order valence-electron chi connectivity index (χ2n) is 6.26. The second kappa shape index (κ2) is 6.99. The molecule has 0 atom stereocenters. The van der Waals surface area contributed by atoms with E-state index in [0.717, 1.165) is 16.7 Å². The highest BCUT2D eigenvalue weighted by molar-refractivity contribution is 7.89. The van der Waals surface area contributed by atoms with Gasteiger partial charge in [0.15, 0.2) is 5.76 Å². The lowest BCUT2D eigenvalue weighted by atomic mass is 10.1. The Balaban J connectivity index is 1.59. The number of nitrogens with one attached hydrogen (secondary N) is 1. The van der Waals surface area contributed by atoms with Crippen LogP contribution in [-0.2, 0) is 23.0 Å². The molecule has 0 saturated heterocycles. The van der Waals surface area contributed by atoms with Gasteiger partial charge >= 0.3 is 0 Å². The van der Waals surface area contributed by atoms with E-state index in [2.05, 4.69) is 9.88 Å². The van der Waals surface area contributed by atoms with Gasteiger partial charge in [0.25, 0.3) is 0 Å². The Bertz CT molecular complexity index is 1090. The number of aromatic nitrogens is 1. The summed E-state index contributed by atoms with van der Waals surface area (Å²) in [6.45, 7) is 2.30. The first-order chi connectivity index (χ1) is 13.0. The Kier molecular flexibility index (Phi) is 4.67. The predicted octanol–water partition coefficient (Wildman–Crippen LogP) is 3.72. The molecule has 0 radical (unpaired) electrons. The van der Waals surface area contributed by atoms with E-state index in [4.69, 9.17) is 20.9 Å². The average Bonchev–Trinajstić information content (AvgIpc) is 3.26. The lowest BCUT2D eigenvalue weighted by Gasteiger charge is -2.10. The molecular formula is C19H17ClN2O4S. The van der Waals surface area contributed by atoms with Crippen molar-refractivity contribution in [1.82, 2.24) is 9.88 Å². The van der Waals surface area contributed by atoms with Crippen molar-refractivity contribution in [3.8, 4) is 17.1 Å². The molecule has 6 nitrogen and oxygen atoms in total. The predicted molar refractivity (Wildman–Crippen MR) is 101 cm³/mol. The standard InChI is InChI=1S/C19H17ClN2O4S/c1-12-16(22-26-18(12)13-5-3-2-4-6-13)11-21-27(23,24)17-10-15(20)9-14-7-8-25-19(14)17/h2-6,9-10,21H,7-8,11H2,1H3. The van der Waals surface area contributed by atoms with Crippen molar-refractivity contribution in [2.75, 3.05) is 6.61 Å². The maximum atomic E-state index is 12.8. The zero-order valence-electron chi connectivity index (χ0n) is 14.5. The smallest absolute Gasteiger partial charge is 0.244 e. The lowest BCUT2D eigenvalue weighted by Crippen LogP contribution is -2.24. The molecule has 0 aliphatic carbocycles. The first kappa shape index (κ1) is 18.0. The van der Waals surface area contributed by atoms with Gasteiger partial charge in [-0.05, 0) is 19.1 Å². The third kappa shape index (κ3) is 3.45. The summed E-state index contributed by atoms with van der Waals surface area (Å²) in [4.78, 5) is 0.0481. The molecule has 3 aromatic rings. The molecule has 140 valence electrons. The lowest BCUT2D eigenvalue weighted by molar-refractivity contribution is 0.348.